The van der Waals surface area contributed by atoms with Crippen LogP contribution in [0.2, 0.25) is 0 Å². The number of hydrogen-bond acceptors (Lipinski definition) is 0. The van der Waals surface area contributed by atoms with Gasteiger partial charge >= 0.3 is 84.9 Å². The molecule has 0 heterocycles. The summed E-state index contributed by atoms with van der Waals surface area (Å²) in [4.78, 5) is 0. The van der Waals surface area contributed by atoms with Crippen LogP contribution in [0.15, 0.2) is 22.0 Å². The summed E-state index contributed by atoms with van der Waals surface area (Å²) in [5.74, 6) is 0.881. The Balaban J connectivity index is -0.000000480. The molecule has 0 aliphatic heterocycles. The molecule has 90 valence electrons. The van der Waals surface area contributed by atoms with Crippen LogP contribution in [0.4, 0.5) is 0 Å². The van der Waals surface area contributed by atoms with E-state index in [4.69, 9.17) is 0 Å². The van der Waals surface area contributed by atoms with Gasteiger partial charge in [0.2, 0.25) is 0 Å². The Kier molecular flexibility index (Phi) is 16.2. The van der Waals surface area contributed by atoms with Crippen molar-refractivity contribution in [3.8, 4) is 0 Å². The Morgan fingerprint density at radius 3 is 2.33 bits per heavy atom. The van der Waals surface area contributed by atoms with E-state index >= 15 is 0 Å². The van der Waals surface area contributed by atoms with Gasteiger partial charge in [-0.25, -0.2) is 0 Å². The van der Waals surface area contributed by atoms with Gasteiger partial charge in [-0.3, -0.25) is 0 Å². The predicted molar refractivity (Wildman–Crippen MR) is 71.2 cm³/mol. The summed E-state index contributed by atoms with van der Waals surface area (Å²) in [6.07, 6.45) is 9.64. The van der Waals surface area contributed by atoms with Crippen LogP contribution < -0.4 is 0 Å². The molecular formula is C11H20Cl3V. The molecule has 4 heteroatoms. The van der Waals surface area contributed by atoms with Crippen molar-refractivity contribution >= 4 is 37.2 Å². The fourth-order valence-corrected chi connectivity index (χ4v) is 1.83. The standard InChI is InChI=1S/C11H17.3ClH.V/c1-3-10(2)8-9-11-6-4-5-7-11;;;;/h4,6,10H,3,5,8-9H2,1-2H3;3*1H;. The van der Waals surface area contributed by atoms with Crippen LogP contribution in [0.5, 0.6) is 0 Å². The number of rotatable bonds is 4. The molecule has 0 aromatic heterocycles. The average Bonchev–Trinajstić information content (AvgIpc) is 2.47. The van der Waals surface area contributed by atoms with Crippen molar-refractivity contribution in [2.45, 2.75) is 39.5 Å². The molecule has 1 aliphatic carbocycles. The third-order valence-electron chi connectivity index (χ3n) is 2.60. The first-order valence-corrected chi connectivity index (χ1v) is 5.51. The molecule has 0 radical (unpaired) electrons. The first kappa shape index (κ1) is 21.2. The minimum atomic E-state index is 0. The summed E-state index contributed by atoms with van der Waals surface area (Å²) >= 11 is 2.70. The van der Waals surface area contributed by atoms with Gasteiger partial charge in [-0.1, -0.05) is 0 Å². The van der Waals surface area contributed by atoms with Crippen molar-refractivity contribution in [2.75, 3.05) is 0 Å². The minimum absolute atomic E-state index is 0. The third-order valence-corrected chi connectivity index (χ3v) is 3.34. The van der Waals surface area contributed by atoms with Gasteiger partial charge in [0.15, 0.2) is 0 Å². The van der Waals surface area contributed by atoms with Crippen molar-refractivity contribution in [1.82, 2.24) is 0 Å². The van der Waals surface area contributed by atoms with Gasteiger partial charge in [-0.15, -0.1) is 37.2 Å². The second-order valence-electron chi connectivity index (χ2n) is 3.63. The Morgan fingerprint density at radius 1 is 1.33 bits per heavy atom. The SMILES string of the molecule is CCC(C)CCC1=[C]([V])CC=C1.Cl.Cl.Cl. The van der Waals surface area contributed by atoms with Crippen LogP contribution in [-0.4, -0.2) is 0 Å². The zero-order chi connectivity index (χ0) is 8.97. The molecule has 0 aromatic rings. The van der Waals surface area contributed by atoms with Gasteiger partial charge in [0.25, 0.3) is 0 Å². The summed E-state index contributed by atoms with van der Waals surface area (Å²) in [5.41, 5.74) is 1.57. The molecule has 15 heavy (non-hydrogen) atoms. The van der Waals surface area contributed by atoms with Gasteiger partial charge < -0.3 is 0 Å². The molecule has 0 N–H and O–H groups in total. The van der Waals surface area contributed by atoms with Crippen LogP contribution in [-0.2, 0) is 17.4 Å². The van der Waals surface area contributed by atoms with Gasteiger partial charge in [0.1, 0.15) is 0 Å². The van der Waals surface area contributed by atoms with Crippen LogP contribution in [0.1, 0.15) is 39.5 Å². The van der Waals surface area contributed by atoms with Gasteiger partial charge in [0, 0.05) is 0 Å². The molecule has 0 spiro atoms. The number of allylic oxidation sites excluding steroid dienone is 4. The van der Waals surface area contributed by atoms with E-state index in [9.17, 15) is 0 Å². The minimum Gasteiger partial charge on any atom is -0.147 e. The molecule has 1 unspecified atom stereocenters. The third kappa shape index (κ3) is 7.77. The zero-order valence-corrected chi connectivity index (χ0v) is 13.1. The molecule has 1 rings (SSSR count). The molecule has 0 saturated heterocycles. The van der Waals surface area contributed by atoms with Crippen LogP contribution in [0.3, 0.4) is 0 Å². The molecular weight excluding hydrogens is 289 g/mol. The Labute approximate surface area is 122 Å². The Hall–Kier alpha value is 0.934. The van der Waals surface area contributed by atoms with Gasteiger partial charge in [-0.2, -0.15) is 0 Å². The summed E-state index contributed by atoms with van der Waals surface area (Å²) < 4.78 is 1.52. The van der Waals surface area contributed by atoms with Crippen molar-refractivity contribution < 1.29 is 17.4 Å². The molecule has 0 aromatic carbocycles. The first-order valence-electron chi connectivity index (χ1n) is 4.81. The average molecular weight is 310 g/mol. The van der Waals surface area contributed by atoms with E-state index in [1.807, 2.05) is 0 Å². The maximum atomic E-state index is 2.70. The molecule has 1 aliphatic rings. The maximum absolute atomic E-state index is 2.70. The normalized spacial score (nSPS) is 15.1. The summed E-state index contributed by atoms with van der Waals surface area (Å²) in [6, 6.07) is 0. The van der Waals surface area contributed by atoms with Crippen molar-refractivity contribution in [1.29, 1.82) is 0 Å². The van der Waals surface area contributed by atoms with Crippen LogP contribution >= 0.6 is 37.2 Å². The van der Waals surface area contributed by atoms with Gasteiger partial charge in [-0.05, 0) is 0 Å². The number of hydrogen-bond donors (Lipinski definition) is 0. The smallest absolute Gasteiger partial charge is 0.147 e. The van der Waals surface area contributed by atoms with Crippen molar-refractivity contribution in [3.05, 3.63) is 22.0 Å². The molecule has 0 amide bonds. The van der Waals surface area contributed by atoms with Gasteiger partial charge in [0.05, 0.1) is 0 Å². The van der Waals surface area contributed by atoms with Crippen molar-refractivity contribution in [2.24, 2.45) is 5.92 Å². The molecule has 0 bridgehead atoms. The molecule has 0 fully saturated rings. The Morgan fingerprint density at radius 2 is 1.93 bits per heavy atom. The molecule has 0 saturated carbocycles. The van der Waals surface area contributed by atoms with E-state index in [0.717, 1.165) is 12.3 Å². The number of halogens is 3. The largest absolute Gasteiger partial charge is 0.147 e. The van der Waals surface area contributed by atoms with E-state index in [0.29, 0.717) is 0 Å². The van der Waals surface area contributed by atoms with E-state index in [-0.39, 0.29) is 37.2 Å². The van der Waals surface area contributed by atoms with E-state index < -0.39 is 0 Å². The fourth-order valence-electron chi connectivity index (χ4n) is 1.37. The van der Waals surface area contributed by atoms with E-state index in [1.54, 1.807) is 5.57 Å². The zero-order valence-electron chi connectivity index (χ0n) is 9.23. The topological polar surface area (TPSA) is 0 Å². The second kappa shape index (κ2) is 11.4. The summed E-state index contributed by atoms with van der Waals surface area (Å²) in [7, 11) is 0. The molecule has 0 nitrogen and oxygen atoms in total. The monoisotopic (exact) mass is 308 g/mol. The van der Waals surface area contributed by atoms with Crippen LogP contribution in [0.25, 0.3) is 0 Å². The second-order valence-corrected chi connectivity index (χ2v) is 4.47. The molecule has 1 atom stereocenters. The van der Waals surface area contributed by atoms with Crippen LogP contribution in [0, 0.1) is 5.92 Å². The summed E-state index contributed by atoms with van der Waals surface area (Å²) in [6.45, 7) is 4.61. The quantitative estimate of drug-likeness (QED) is 0.697. The maximum Gasteiger partial charge on any atom is -0.147 e. The summed E-state index contributed by atoms with van der Waals surface area (Å²) in [5, 5.41) is 0. The Bertz CT molecular complexity index is 212. The fraction of sp³-hybridized carbons (Fsp3) is 0.636. The first-order chi connectivity index (χ1) is 5.74. The predicted octanol–water partition coefficient (Wildman–Crippen LogP) is 4.84. The van der Waals surface area contributed by atoms with Crippen molar-refractivity contribution in [3.63, 3.8) is 0 Å². The van der Waals surface area contributed by atoms with E-state index in [1.165, 1.54) is 23.5 Å². The van der Waals surface area contributed by atoms with E-state index in [2.05, 4.69) is 43.4 Å².